The lowest BCUT2D eigenvalue weighted by Crippen LogP contribution is -2.31. The van der Waals surface area contributed by atoms with Crippen LogP contribution in [-0.2, 0) is 9.59 Å². The maximum atomic E-state index is 11.3. The zero-order valence-corrected chi connectivity index (χ0v) is 9.70. The summed E-state index contributed by atoms with van der Waals surface area (Å²) in [6, 6.07) is 9.98. The van der Waals surface area contributed by atoms with Gasteiger partial charge in [-0.05, 0) is 12.1 Å². The zero-order chi connectivity index (χ0) is 11.4. The van der Waals surface area contributed by atoms with Crippen molar-refractivity contribution in [1.82, 2.24) is 4.90 Å². The molecular weight excluding hydrogens is 222 g/mol. The number of nitrogens with zero attached hydrogens (tertiary/aromatic N) is 1. The number of likely N-dealkylation sites (tertiary alicyclic amines) is 1. The molecule has 1 saturated heterocycles. The van der Waals surface area contributed by atoms with E-state index >= 15 is 0 Å². The summed E-state index contributed by atoms with van der Waals surface area (Å²) in [7, 11) is 0. The maximum absolute atomic E-state index is 11.3. The molecule has 0 aromatic heterocycles. The van der Waals surface area contributed by atoms with Gasteiger partial charge in [0.2, 0.25) is 11.8 Å². The van der Waals surface area contributed by atoms with Crippen LogP contribution in [-0.4, -0.2) is 29.0 Å². The average molecular weight is 235 g/mol. The molecule has 1 fully saturated rings. The van der Waals surface area contributed by atoms with Gasteiger partial charge in [0.1, 0.15) is 0 Å². The minimum Gasteiger partial charge on any atom is -0.282 e. The Hall–Kier alpha value is -1.29. The number of hydrogen-bond acceptors (Lipinski definition) is 3. The molecule has 1 aliphatic heterocycles. The van der Waals surface area contributed by atoms with E-state index < -0.39 is 0 Å². The highest BCUT2D eigenvalue weighted by molar-refractivity contribution is 7.99. The van der Waals surface area contributed by atoms with Crippen LogP contribution in [0.15, 0.2) is 35.2 Å². The fourth-order valence-electron chi connectivity index (χ4n) is 1.64. The van der Waals surface area contributed by atoms with Crippen molar-refractivity contribution in [3.8, 4) is 0 Å². The molecule has 1 aliphatic rings. The van der Waals surface area contributed by atoms with Gasteiger partial charge in [-0.15, -0.1) is 11.8 Å². The monoisotopic (exact) mass is 235 g/mol. The predicted molar refractivity (Wildman–Crippen MR) is 63.1 cm³/mol. The summed E-state index contributed by atoms with van der Waals surface area (Å²) < 4.78 is 0. The van der Waals surface area contributed by atoms with Gasteiger partial charge in [0.05, 0.1) is 0 Å². The first-order chi connectivity index (χ1) is 7.77. The van der Waals surface area contributed by atoms with Crippen molar-refractivity contribution < 1.29 is 9.59 Å². The van der Waals surface area contributed by atoms with Gasteiger partial charge >= 0.3 is 0 Å². The van der Waals surface area contributed by atoms with Crippen molar-refractivity contribution in [2.24, 2.45) is 0 Å². The smallest absolute Gasteiger partial charge is 0.229 e. The highest BCUT2D eigenvalue weighted by Gasteiger charge is 2.27. The third-order valence-electron chi connectivity index (χ3n) is 2.48. The molecule has 16 heavy (non-hydrogen) atoms. The summed E-state index contributed by atoms with van der Waals surface area (Å²) in [6.45, 7) is 0.525. The second-order valence-corrected chi connectivity index (χ2v) is 4.77. The Morgan fingerprint density at radius 1 is 1.06 bits per heavy atom. The Morgan fingerprint density at radius 3 is 2.31 bits per heavy atom. The minimum absolute atomic E-state index is 0.0290. The van der Waals surface area contributed by atoms with Crippen molar-refractivity contribution in [3.05, 3.63) is 30.3 Å². The van der Waals surface area contributed by atoms with E-state index in [0.29, 0.717) is 19.4 Å². The first-order valence-electron chi connectivity index (χ1n) is 5.28. The third kappa shape index (κ3) is 2.64. The molecule has 2 rings (SSSR count). The van der Waals surface area contributed by atoms with Crippen molar-refractivity contribution >= 4 is 23.6 Å². The van der Waals surface area contributed by atoms with Crippen molar-refractivity contribution in [2.75, 3.05) is 12.3 Å². The number of amides is 2. The lowest BCUT2D eigenvalue weighted by atomic mass is 10.4. The Labute approximate surface area is 98.8 Å². The van der Waals surface area contributed by atoms with Gasteiger partial charge in [-0.1, -0.05) is 18.2 Å². The summed E-state index contributed by atoms with van der Waals surface area (Å²) in [5.74, 6) is 0.707. The van der Waals surface area contributed by atoms with Crippen LogP contribution < -0.4 is 0 Å². The van der Waals surface area contributed by atoms with Gasteiger partial charge in [-0.25, -0.2) is 0 Å². The number of hydrogen-bond donors (Lipinski definition) is 0. The molecule has 1 aromatic carbocycles. The summed E-state index contributed by atoms with van der Waals surface area (Å²) in [5, 5.41) is 0. The highest BCUT2D eigenvalue weighted by atomic mass is 32.2. The molecule has 0 radical (unpaired) electrons. The molecule has 0 atom stereocenters. The van der Waals surface area contributed by atoms with Crippen molar-refractivity contribution in [3.63, 3.8) is 0 Å². The van der Waals surface area contributed by atoms with Crippen LogP contribution in [0.2, 0.25) is 0 Å². The van der Waals surface area contributed by atoms with Crippen LogP contribution in [0, 0.1) is 0 Å². The van der Waals surface area contributed by atoms with E-state index in [1.165, 1.54) is 9.80 Å². The van der Waals surface area contributed by atoms with Crippen LogP contribution in [0.1, 0.15) is 12.8 Å². The van der Waals surface area contributed by atoms with Gasteiger partial charge in [0.15, 0.2) is 0 Å². The van der Waals surface area contributed by atoms with Gasteiger partial charge in [0, 0.05) is 30.0 Å². The Bertz CT molecular complexity index is 375. The number of thioether (sulfide) groups is 1. The van der Waals surface area contributed by atoms with Crippen LogP contribution in [0.25, 0.3) is 0 Å². The van der Waals surface area contributed by atoms with E-state index in [0.717, 1.165) is 5.75 Å². The lowest BCUT2D eigenvalue weighted by molar-refractivity contribution is -0.137. The van der Waals surface area contributed by atoms with Crippen LogP contribution in [0.4, 0.5) is 0 Å². The second kappa shape index (κ2) is 5.16. The summed E-state index contributed by atoms with van der Waals surface area (Å²) in [5.41, 5.74) is 0. The Kier molecular flexibility index (Phi) is 3.62. The molecule has 84 valence electrons. The molecule has 3 nitrogen and oxygen atoms in total. The third-order valence-corrected chi connectivity index (χ3v) is 3.47. The quantitative estimate of drug-likeness (QED) is 0.591. The number of imide groups is 1. The van der Waals surface area contributed by atoms with Crippen LogP contribution >= 0.6 is 11.8 Å². The van der Waals surface area contributed by atoms with E-state index in [1.54, 1.807) is 11.8 Å². The standard InChI is InChI=1S/C12H13NO2S/c14-11-6-7-12(15)13(11)8-9-16-10-4-2-1-3-5-10/h1-5H,6-9H2. The normalized spacial score (nSPS) is 15.9. The van der Waals surface area contributed by atoms with Crippen LogP contribution in [0.3, 0.4) is 0 Å². The molecule has 1 aromatic rings. The number of rotatable bonds is 4. The summed E-state index contributed by atoms with van der Waals surface area (Å²) >= 11 is 1.67. The van der Waals surface area contributed by atoms with Crippen molar-refractivity contribution in [1.29, 1.82) is 0 Å². The average Bonchev–Trinajstić information content (AvgIpc) is 2.62. The first kappa shape index (κ1) is 11.2. The number of carbonyl (C=O) groups excluding carboxylic acids is 2. The van der Waals surface area contributed by atoms with E-state index in [1.807, 2.05) is 30.3 Å². The Balaban J connectivity index is 1.80. The van der Waals surface area contributed by atoms with Crippen molar-refractivity contribution in [2.45, 2.75) is 17.7 Å². The molecule has 1 heterocycles. The molecule has 4 heteroatoms. The summed E-state index contributed by atoms with van der Waals surface area (Å²) in [6.07, 6.45) is 0.768. The van der Waals surface area contributed by atoms with Gasteiger partial charge in [-0.2, -0.15) is 0 Å². The molecule has 0 saturated carbocycles. The molecule has 2 amide bonds. The van der Waals surface area contributed by atoms with E-state index in [9.17, 15) is 9.59 Å². The molecule has 0 N–H and O–H groups in total. The molecule has 0 spiro atoms. The van der Waals surface area contributed by atoms with E-state index in [-0.39, 0.29) is 11.8 Å². The zero-order valence-electron chi connectivity index (χ0n) is 8.89. The second-order valence-electron chi connectivity index (χ2n) is 3.60. The highest BCUT2D eigenvalue weighted by Crippen LogP contribution is 2.18. The molecule has 0 aliphatic carbocycles. The topological polar surface area (TPSA) is 37.4 Å². The van der Waals surface area contributed by atoms with E-state index in [4.69, 9.17) is 0 Å². The molecule has 0 unspecified atom stereocenters. The SMILES string of the molecule is O=C1CCC(=O)N1CCSc1ccccc1. The fraction of sp³-hybridized carbons (Fsp3) is 0.333. The van der Waals surface area contributed by atoms with E-state index in [2.05, 4.69) is 0 Å². The maximum Gasteiger partial charge on any atom is 0.229 e. The molecule has 0 bridgehead atoms. The van der Waals surface area contributed by atoms with Crippen LogP contribution in [0.5, 0.6) is 0 Å². The summed E-state index contributed by atoms with van der Waals surface area (Å²) in [4.78, 5) is 25.2. The minimum atomic E-state index is -0.0290. The molecular formula is C12H13NO2S. The van der Waals surface area contributed by atoms with Gasteiger partial charge in [0.25, 0.3) is 0 Å². The van der Waals surface area contributed by atoms with Gasteiger partial charge in [-0.3, -0.25) is 14.5 Å². The van der Waals surface area contributed by atoms with Gasteiger partial charge < -0.3 is 0 Å². The largest absolute Gasteiger partial charge is 0.282 e. The Morgan fingerprint density at radius 2 is 1.69 bits per heavy atom. The number of benzene rings is 1. The fourth-order valence-corrected chi connectivity index (χ4v) is 2.50. The number of carbonyl (C=O) groups is 2. The lowest BCUT2D eigenvalue weighted by Gasteiger charge is -2.12. The first-order valence-corrected chi connectivity index (χ1v) is 6.27. The predicted octanol–water partition coefficient (Wildman–Crippen LogP) is 1.93.